The Labute approximate surface area is 107 Å². The lowest BCUT2D eigenvalue weighted by Crippen LogP contribution is -2.04. The first-order chi connectivity index (χ1) is 8.72. The number of hydrogen-bond donors (Lipinski definition) is 1. The van der Waals surface area contributed by atoms with Gasteiger partial charge in [-0.05, 0) is 25.5 Å². The van der Waals surface area contributed by atoms with Crippen LogP contribution < -0.4 is 10.1 Å². The Morgan fingerprint density at radius 3 is 2.72 bits per heavy atom. The van der Waals surface area contributed by atoms with Gasteiger partial charge >= 0.3 is 0 Å². The van der Waals surface area contributed by atoms with Crippen LogP contribution in [0.5, 0.6) is 5.75 Å². The van der Waals surface area contributed by atoms with Gasteiger partial charge in [0.1, 0.15) is 5.75 Å². The molecule has 2 aromatic rings. The fourth-order valence-corrected chi connectivity index (χ4v) is 1.94. The van der Waals surface area contributed by atoms with Gasteiger partial charge in [0, 0.05) is 23.6 Å². The number of benzene rings is 1. The van der Waals surface area contributed by atoms with Gasteiger partial charge < -0.3 is 10.1 Å². The fraction of sp³-hybridized carbons (Fsp3) is 0.286. The maximum atomic E-state index is 5.40. The van der Waals surface area contributed by atoms with Crippen molar-refractivity contribution in [3.63, 3.8) is 0 Å². The van der Waals surface area contributed by atoms with E-state index in [9.17, 15) is 0 Å². The Hall–Kier alpha value is -2.10. The predicted molar refractivity (Wildman–Crippen MR) is 71.8 cm³/mol. The molecule has 0 saturated heterocycles. The van der Waals surface area contributed by atoms with Gasteiger partial charge in [-0.3, -0.25) is 9.97 Å². The third-order valence-corrected chi connectivity index (χ3v) is 2.88. The van der Waals surface area contributed by atoms with E-state index < -0.39 is 0 Å². The molecule has 1 heterocycles. The van der Waals surface area contributed by atoms with Gasteiger partial charge in [-0.25, -0.2) is 0 Å². The molecule has 0 aliphatic heterocycles. The molecule has 0 fully saturated rings. The summed E-state index contributed by atoms with van der Waals surface area (Å²) >= 11 is 0. The first-order valence-corrected chi connectivity index (χ1v) is 5.85. The second-order valence-corrected chi connectivity index (χ2v) is 4.14. The third-order valence-electron chi connectivity index (χ3n) is 2.88. The smallest absolute Gasteiger partial charge is 0.126 e. The van der Waals surface area contributed by atoms with Crippen LogP contribution in [-0.2, 0) is 6.54 Å². The molecular formula is C14H17N3O. The van der Waals surface area contributed by atoms with Crippen LogP contribution in [0.1, 0.15) is 16.8 Å². The number of nitrogens with one attached hydrogen (secondary N) is 1. The van der Waals surface area contributed by atoms with Crippen molar-refractivity contribution >= 4 is 5.69 Å². The van der Waals surface area contributed by atoms with E-state index in [-0.39, 0.29) is 0 Å². The molecule has 1 aromatic heterocycles. The maximum Gasteiger partial charge on any atom is 0.126 e. The highest BCUT2D eigenvalue weighted by molar-refractivity contribution is 5.59. The van der Waals surface area contributed by atoms with Gasteiger partial charge in [0.25, 0.3) is 0 Å². The summed E-state index contributed by atoms with van der Waals surface area (Å²) in [4.78, 5) is 8.27. The van der Waals surface area contributed by atoms with Gasteiger partial charge in [0.2, 0.25) is 0 Å². The van der Waals surface area contributed by atoms with E-state index in [0.29, 0.717) is 6.54 Å². The van der Waals surface area contributed by atoms with E-state index >= 15 is 0 Å². The van der Waals surface area contributed by atoms with Crippen LogP contribution in [0.15, 0.2) is 30.7 Å². The predicted octanol–water partition coefficient (Wildman–Crippen LogP) is 2.71. The van der Waals surface area contributed by atoms with Crippen LogP contribution in [0.3, 0.4) is 0 Å². The summed E-state index contributed by atoms with van der Waals surface area (Å²) in [5.41, 5.74) is 4.22. The maximum absolute atomic E-state index is 5.40. The Morgan fingerprint density at radius 2 is 2.06 bits per heavy atom. The van der Waals surface area contributed by atoms with Crippen molar-refractivity contribution in [2.24, 2.45) is 0 Å². The summed E-state index contributed by atoms with van der Waals surface area (Å²) < 4.78 is 5.40. The molecule has 0 saturated carbocycles. The van der Waals surface area contributed by atoms with Gasteiger partial charge in [-0.1, -0.05) is 6.07 Å². The Kier molecular flexibility index (Phi) is 3.77. The van der Waals surface area contributed by atoms with Gasteiger partial charge in [-0.15, -0.1) is 0 Å². The summed E-state index contributed by atoms with van der Waals surface area (Å²) in [6.45, 7) is 4.74. The molecule has 1 aromatic carbocycles. The average Bonchev–Trinajstić information content (AvgIpc) is 2.40. The zero-order valence-electron chi connectivity index (χ0n) is 10.9. The van der Waals surface area contributed by atoms with Crippen LogP contribution in [0.4, 0.5) is 5.69 Å². The van der Waals surface area contributed by atoms with Gasteiger partial charge in [0.05, 0.1) is 25.5 Å². The molecule has 94 valence electrons. The summed E-state index contributed by atoms with van der Waals surface area (Å²) in [6.07, 6.45) is 5.12. The van der Waals surface area contributed by atoms with E-state index in [4.69, 9.17) is 4.74 Å². The second-order valence-electron chi connectivity index (χ2n) is 4.14. The molecule has 2 rings (SSSR count). The molecule has 0 amide bonds. The SMILES string of the molecule is COc1c(C)ccc(NCc2cnccn2)c1C. The summed E-state index contributed by atoms with van der Waals surface area (Å²) in [6, 6.07) is 4.11. The Morgan fingerprint density at radius 1 is 1.22 bits per heavy atom. The second kappa shape index (κ2) is 5.49. The van der Waals surface area contributed by atoms with Crippen LogP contribution in [0.25, 0.3) is 0 Å². The molecule has 0 aliphatic carbocycles. The Bertz CT molecular complexity index is 526. The topological polar surface area (TPSA) is 47.0 Å². The fourth-order valence-electron chi connectivity index (χ4n) is 1.94. The highest BCUT2D eigenvalue weighted by Gasteiger charge is 2.07. The number of hydrogen-bond acceptors (Lipinski definition) is 4. The highest BCUT2D eigenvalue weighted by atomic mass is 16.5. The minimum absolute atomic E-state index is 0.654. The van der Waals surface area contributed by atoms with Crippen molar-refractivity contribution in [2.75, 3.05) is 12.4 Å². The minimum Gasteiger partial charge on any atom is -0.496 e. The molecule has 0 unspecified atom stereocenters. The third kappa shape index (κ3) is 2.59. The zero-order valence-corrected chi connectivity index (χ0v) is 10.9. The molecule has 0 aliphatic rings. The number of ether oxygens (including phenoxy) is 1. The first kappa shape index (κ1) is 12.4. The van der Waals surface area contributed by atoms with E-state index in [0.717, 1.165) is 28.3 Å². The first-order valence-electron chi connectivity index (χ1n) is 5.85. The number of nitrogens with zero attached hydrogens (tertiary/aromatic N) is 2. The molecule has 0 radical (unpaired) electrons. The molecule has 1 N–H and O–H groups in total. The van der Waals surface area contributed by atoms with Gasteiger partial charge in [-0.2, -0.15) is 0 Å². The number of rotatable bonds is 4. The van der Waals surface area contributed by atoms with Crippen molar-refractivity contribution in [2.45, 2.75) is 20.4 Å². The number of methoxy groups -OCH3 is 1. The highest BCUT2D eigenvalue weighted by Crippen LogP contribution is 2.29. The van der Waals surface area contributed by atoms with Crippen molar-refractivity contribution in [1.82, 2.24) is 9.97 Å². The summed E-state index contributed by atoms with van der Waals surface area (Å²) in [7, 11) is 1.70. The van der Waals surface area contributed by atoms with E-state index in [2.05, 4.69) is 21.4 Å². The molecule has 4 nitrogen and oxygen atoms in total. The summed E-state index contributed by atoms with van der Waals surface area (Å²) in [5.74, 6) is 0.930. The monoisotopic (exact) mass is 243 g/mol. The lowest BCUT2D eigenvalue weighted by atomic mass is 10.1. The molecule has 0 spiro atoms. The van der Waals surface area contributed by atoms with Crippen molar-refractivity contribution < 1.29 is 4.74 Å². The normalized spacial score (nSPS) is 10.2. The van der Waals surface area contributed by atoms with Crippen LogP contribution in [0.2, 0.25) is 0 Å². The Balaban J connectivity index is 2.15. The van der Waals surface area contributed by atoms with Crippen LogP contribution >= 0.6 is 0 Å². The van der Waals surface area contributed by atoms with Crippen molar-refractivity contribution in [3.8, 4) is 5.75 Å². The standard InChI is InChI=1S/C14H17N3O/c1-10-4-5-13(11(2)14(10)18-3)17-9-12-8-15-6-7-16-12/h4-8,17H,9H2,1-3H3. The number of aromatic nitrogens is 2. The van der Waals surface area contributed by atoms with Crippen molar-refractivity contribution in [1.29, 1.82) is 0 Å². The molecule has 18 heavy (non-hydrogen) atoms. The van der Waals surface area contributed by atoms with E-state index in [1.54, 1.807) is 25.7 Å². The quantitative estimate of drug-likeness (QED) is 0.897. The minimum atomic E-state index is 0.654. The molecular weight excluding hydrogens is 226 g/mol. The van der Waals surface area contributed by atoms with Crippen LogP contribution in [-0.4, -0.2) is 17.1 Å². The summed E-state index contributed by atoms with van der Waals surface area (Å²) in [5, 5.41) is 3.35. The van der Waals surface area contributed by atoms with Crippen molar-refractivity contribution in [3.05, 3.63) is 47.5 Å². The zero-order chi connectivity index (χ0) is 13.0. The van der Waals surface area contributed by atoms with E-state index in [1.165, 1.54) is 0 Å². The molecule has 0 bridgehead atoms. The molecule has 4 heteroatoms. The van der Waals surface area contributed by atoms with Crippen LogP contribution in [0, 0.1) is 13.8 Å². The number of aryl methyl sites for hydroxylation is 1. The lowest BCUT2D eigenvalue weighted by molar-refractivity contribution is 0.409. The van der Waals surface area contributed by atoms with E-state index in [1.807, 2.05) is 19.9 Å². The largest absolute Gasteiger partial charge is 0.496 e. The molecule has 0 atom stereocenters. The number of anilines is 1. The lowest BCUT2D eigenvalue weighted by Gasteiger charge is -2.14. The average molecular weight is 243 g/mol. The van der Waals surface area contributed by atoms with Gasteiger partial charge in [0.15, 0.2) is 0 Å².